The van der Waals surface area contributed by atoms with E-state index in [1.165, 1.54) is 11.1 Å². The first kappa shape index (κ1) is 16.5. The van der Waals surface area contributed by atoms with E-state index < -0.39 is 0 Å². The van der Waals surface area contributed by atoms with Crippen LogP contribution in [0, 0.1) is 13.8 Å². The molecule has 3 aromatic rings. The van der Waals surface area contributed by atoms with Crippen LogP contribution < -0.4 is 10.6 Å². The molecule has 0 fully saturated rings. The maximum absolute atomic E-state index is 5.99. The van der Waals surface area contributed by atoms with E-state index in [0.717, 1.165) is 21.0 Å². The van der Waals surface area contributed by atoms with E-state index in [0.29, 0.717) is 15.2 Å². The fraction of sp³-hybridized carbons (Fsp3) is 0.125. The standard InChI is InChI=1S/C16H13Cl2N3S2/c1-8-5-13-14(6-9(8)2)23-16(20-13)21-15(22)19-10-3-4-11(17)12(18)7-10/h3-7H,1-2H3,(H2,19,20,21,22). The predicted octanol–water partition coefficient (Wildman–Crippen LogP) is 6.03. The molecule has 2 N–H and O–H groups in total. The van der Waals surface area contributed by atoms with Crippen LogP contribution in [0.3, 0.4) is 0 Å². The third-order valence-corrected chi connectivity index (χ3v) is 5.28. The van der Waals surface area contributed by atoms with Gasteiger partial charge in [-0.2, -0.15) is 0 Å². The van der Waals surface area contributed by atoms with E-state index in [1.807, 2.05) is 6.07 Å². The minimum absolute atomic E-state index is 0.455. The Kier molecular flexibility index (Phi) is 4.73. The van der Waals surface area contributed by atoms with E-state index in [2.05, 4.69) is 41.6 Å². The van der Waals surface area contributed by atoms with Crippen molar-refractivity contribution in [3.8, 4) is 0 Å². The number of aromatic nitrogens is 1. The van der Waals surface area contributed by atoms with E-state index in [1.54, 1.807) is 23.5 Å². The minimum atomic E-state index is 0.455. The topological polar surface area (TPSA) is 37.0 Å². The zero-order chi connectivity index (χ0) is 16.6. The molecule has 0 aliphatic heterocycles. The second-order valence-electron chi connectivity index (χ2n) is 5.13. The Labute approximate surface area is 153 Å². The number of nitrogens with zero attached hydrogens (tertiary/aromatic N) is 1. The van der Waals surface area contributed by atoms with Crippen LogP contribution in [0.1, 0.15) is 11.1 Å². The van der Waals surface area contributed by atoms with Crippen LogP contribution in [0.25, 0.3) is 10.2 Å². The molecule has 23 heavy (non-hydrogen) atoms. The molecule has 0 amide bonds. The van der Waals surface area contributed by atoms with Crippen LogP contribution in [0.15, 0.2) is 30.3 Å². The molecule has 1 heterocycles. The molecular formula is C16H13Cl2N3S2. The largest absolute Gasteiger partial charge is 0.332 e. The highest BCUT2D eigenvalue weighted by Crippen LogP contribution is 2.29. The van der Waals surface area contributed by atoms with Gasteiger partial charge in [0, 0.05) is 5.69 Å². The van der Waals surface area contributed by atoms with E-state index in [4.69, 9.17) is 35.4 Å². The van der Waals surface area contributed by atoms with Crippen molar-refractivity contribution in [2.75, 3.05) is 10.6 Å². The number of hydrogen-bond donors (Lipinski definition) is 2. The third kappa shape index (κ3) is 3.75. The number of nitrogens with one attached hydrogen (secondary N) is 2. The molecule has 2 aromatic carbocycles. The van der Waals surface area contributed by atoms with Gasteiger partial charge in [-0.1, -0.05) is 34.5 Å². The van der Waals surface area contributed by atoms with Crippen LogP contribution in [-0.2, 0) is 0 Å². The van der Waals surface area contributed by atoms with Crippen LogP contribution in [0.5, 0.6) is 0 Å². The number of aryl methyl sites for hydroxylation is 2. The second kappa shape index (κ2) is 6.61. The van der Waals surface area contributed by atoms with Gasteiger partial charge >= 0.3 is 0 Å². The number of halogens is 2. The summed E-state index contributed by atoms with van der Waals surface area (Å²) in [5.41, 5.74) is 4.22. The molecule has 0 saturated carbocycles. The Morgan fingerprint density at radius 2 is 1.78 bits per heavy atom. The number of anilines is 2. The Hall–Kier alpha value is -1.40. The van der Waals surface area contributed by atoms with Crippen molar-refractivity contribution >= 4 is 72.9 Å². The van der Waals surface area contributed by atoms with Gasteiger partial charge in [-0.3, -0.25) is 0 Å². The van der Waals surface area contributed by atoms with Gasteiger partial charge in [0.15, 0.2) is 10.2 Å². The zero-order valence-electron chi connectivity index (χ0n) is 12.4. The van der Waals surface area contributed by atoms with Gasteiger partial charge < -0.3 is 10.6 Å². The molecule has 0 spiro atoms. The summed E-state index contributed by atoms with van der Waals surface area (Å²) in [7, 11) is 0. The molecular weight excluding hydrogens is 369 g/mol. The van der Waals surface area contributed by atoms with Crippen LogP contribution in [-0.4, -0.2) is 10.1 Å². The summed E-state index contributed by atoms with van der Waals surface area (Å²) in [6.07, 6.45) is 0. The Bertz CT molecular complexity index is 867. The highest BCUT2D eigenvalue weighted by molar-refractivity contribution is 7.80. The van der Waals surface area contributed by atoms with Crippen molar-refractivity contribution in [3.63, 3.8) is 0 Å². The lowest BCUT2D eigenvalue weighted by atomic mass is 10.1. The fourth-order valence-corrected chi connectivity index (χ4v) is 3.59. The smallest absolute Gasteiger partial charge is 0.190 e. The van der Waals surface area contributed by atoms with E-state index in [-0.39, 0.29) is 0 Å². The zero-order valence-corrected chi connectivity index (χ0v) is 15.6. The summed E-state index contributed by atoms with van der Waals surface area (Å²) in [5, 5.41) is 8.37. The van der Waals surface area contributed by atoms with Crippen LogP contribution in [0.4, 0.5) is 10.8 Å². The number of thiazole rings is 1. The number of benzene rings is 2. The summed E-state index contributed by atoms with van der Waals surface area (Å²) in [6, 6.07) is 9.49. The maximum atomic E-state index is 5.99. The van der Waals surface area contributed by atoms with Gasteiger partial charge in [0.05, 0.1) is 20.3 Å². The van der Waals surface area contributed by atoms with Gasteiger partial charge in [0.2, 0.25) is 0 Å². The number of fused-ring (bicyclic) bond motifs is 1. The summed E-state index contributed by atoms with van der Waals surface area (Å²) in [4.78, 5) is 4.56. The first-order valence-corrected chi connectivity index (χ1v) is 8.81. The molecule has 0 aliphatic carbocycles. The van der Waals surface area contributed by atoms with E-state index in [9.17, 15) is 0 Å². The highest BCUT2D eigenvalue weighted by atomic mass is 35.5. The molecule has 3 rings (SSSR count). The average molecular weight is 382 g/mol. The third-order valence-electron chi connectivity index (χ3n) is 3.40. The summed E-state index contributed by atoms with van der Waals surface area (Å²) < 4.78 is 1.13. The molecule has 0 unspecified atom stereocenters. The van der Waals surface area contributed by atoms with Gasteiger partial charge in [0.1, 0.15) is 0 Å². The summed E-state index contributed by atoms with van der Waals surface area (Å²) in [6.45, 7) is 4.18. The van der Waals surface area contributed by atoms with Crippen molar-refractivity contribution in [1.29, 1.82) is 0 Å². The Balaban J connectivity index is 1.75. The van der Waals surface area contributed by atoms with Gasteiger partial charge in [-0.25, -0.2) is 4.98 Å². The van der Waals surface area contributed by atoms with Crippen molar-refractivity contribution in [2.24, 2.45) is 0 Å². The van der Waals surface area contributed by atoms with Crippen molar-refractivity contribution in [2.45, 2.75) is 13.8 Å². The van der Waals surface area contributed by atoms with Gasteiger partial charge in [-0.15, -0.1) is 0 Å². The molecule has 118 valence electrons. The summed E-state index contributed by atoms with van der Waals surface area (Å²) in [5.74, 6) is 0. The van der Waals surface area contributed by atoms with Crippen LogP contribution in [0.2, 0.25) is 10.0 Å². The number of hydrogen-bond acceptors (Lipinski definition) is 3. The van der Waals surface area contributed by atoms with Crippen molar-refractivity contribution in [3.05, 3.63) is 51.5 Å². The molecule has 0 aliphatic rings. The second-order valence-corrected chi connectivity index (χ2v) is 7.38. The fourth-order valence-electron chi connectivity index (χ4n) is 2.07. The van der Waals surface area contributed by atoms with Gasteiger partial charge in [0.25, 0.3) is 0 Å². The molecule has 0 radical (unpaired) electrons. The first-order chi connectivity index (χ1) is 10.9. The molecule has 0 bridgehead atoms. The summed E-state index contributed by atoms with van der Waals surface area (Å²) >= 11 is 18.8. The van der Waals surface area contributed by atoms with Crippen molar-refractivity contribution < 1.29 is 0 Å². The Morgan fingerprint density at radius 1 is 1.04 bits per heavy atom. The SMILES string of the molecule is Cc1cc2nc(NC(=S)Nc3ccc(Cl)c(Cl)c3)sc2cc1C. The first-order valence-electron chi connectivity index (χ1n) is 6.83. The average Bonchev–Trinajstić information content (AvgIpc) is 2.84. The number of thiocarbonyl (C=S) groups is 1. The Morgan fingerprint density at radius 3 is 2.52 bits per heavy atom. The quantitative estimate of drug-likeness (QED) is 0.531. The van der Waals surface area contributed by atoms with E-state index >= 15 is 0 Å². The van der Waals surface area contributed by atoms with Crippen LogP contribution >= 0.6 is 46.8 Å². The monoisotopic (exact) mass is 381 g/mol. The molecule has 3 nitrogen and oxygen atoms in total. The maximum Gasteiger partial charge on any atom is 0.190 e. The predicted molar refractivity (Wildman–Crippen MR) is 105 cm³/mol. The lowest BCUT2D eigenvalue weighted by Crippen LogP contribution is -2.18. The number of rotatable bonds is 2. The lowest BCUT2D eigenvalue weighted by molar-refractivity contribution is 1.35. The molecule has 0 saturated heterocycles. The molecule has 0 atom stereocenters. The molecule has 1 aromatic heterocycles. The normalized spacial score (nSPS) is 10.8. The molecule has 7 heteroatoms. The van der Waals surface area contributed by atoms with Gasteiger partial charge in [-0.05, 0) is 67.5 Å². The highest BCUT2D eigenvalue weighted by Gasteiger charge is 2.08. The van der Waals surface area contributed by atoms with Crippen molar-refractivity contribution in [1.82, 2.24) is 4.98 Å². The lowest BCUT2D eigenvalue weighted by Gasteiger charge is -2.08. The minimum Gasteiger partial charge on any atom is -0.332 e.